The van der Waals surface area contributed by atoms with Crippen LogP contribution in [0, 0.1) is 0 Å². The van der Waals surface area contributed by atoms with Crippen LogP contribution in [0.4, 0.5) is 0 Å². The van der Waals surface area contributed by atoms with Crippen LogP contribution < -0.4 is 10.6 Å². The number of nitrogens with zero attached hydrogens (tertiary/aromatic N) is 2. The fourth-order valence-electron chi connectivity index (χ4n) is 1.75. The summed E-state index contributed by atoms with van der Waals surface area (Å²) in [7, 11) is 15.4. The summed E-state index contributed by atoms with van der Waals surface area (Å²) in [6.07, 6.45) is -1.28. The second-order valence-electron chi connectivity index (χ2n) is 5.66. The van der Waals surface area contributed by atoms with Crippen molar-refractivity contribution < 1.29 is 18.9 Å². The summed E-state index contributed by atoms with van der Waals surface area (Å²) < 4.78 is 22.3. The molecule has 0 saturated carbocycles. The van der Waals surface area contributed by atoms with Gasteiger partial charge in [0.2, 0.25) is 12.6 Å². The summed E-state index contributed by atoms with van der Waals surface area (Å²) in [5.41, 5.74) is 0. The van der Waals surface area contributed by atoms with Gasteiger partial charge in [0.05, 0.1) is 0 Å². The Morgan fingerprint density at radius 3 is 1.05 bits per heavy atom. The molecule has 2 heterocycles. The number of likely N-dealkylation sites (N-methyl/N-ethyl adjacent to an activating group) is 2. The maximum absolute atomic E-state index is 5.58. The van der Waals surface area contributed by atoms with Crippen LogP contribution in [0.15, 0.2) is 0 Å². The molecule has 22 heavy (non-hydrogen) atoms. The molecule has 0 bridgehead atoms. The van der Waals surface area contributed by atoms with E-state index in [1.807, 2.05) is 66.2 Å². The number of hydrogen-bond acceptors (Lipinski definition) is 8. The van der Waals surface area contributed by atoms with Gasteiger partial charge in [0.25, 0.3) is 0 Å². The molecule has 8 heteroatoms. The smallest absolute Gasteiger partial charge is 0.214 e. The molecular weight excluding hydrogens is 288 g/mol. The van der Waals surface area contributed by atoms with E-state index in [1.165, 1.54) is 0 Å². The highest BCUT2D eigenvalue weighted by Crippen LogP contribution is 2.29. The second kappa shape index (κ2) is 12.1. The van der Waals surface area contributed by atoms with E-state index >= 15 is 0 Å². The van der Waals surface area contributed by atoms with Crippen molar-refractivity contribution in [1.82, 2.24) is 20.4 Å². The molecule has 2 aliphatic heterocycles. The number of fused-ring (bicyclic) bond motifs is 1. The van der Waals surface area contributed by atoms with E-state index in [-0.39, 0.29) is 25.2 Å². The molecule has 2 saturated heterocycles. The minimum absolute atomic E-state index is 0.259. The topological polar surface area (TPSA) is 67.5 Å². The molecule has 134 valence electrons. The third kappa shape index (κ3) is 8.96. The monoisotopic (exact) mass is 322 g/mol. The molecule has 0 aromatic rings. The first-order chi connectivity index (χ1) is 10.4. The molecule has 2 N–H and O–H groups in total. The fourth-order valence-corrected chi connectivity index (χ4v) is 1.75. The Hall–Kier alpha value is -0.320. The first-order valence-corrected chi connectivity index (χ1v) is 7.46. The maximum Gasteiger partial charge on any atom is 0.214 e. The summed E-state index contributed by atoms with van der Waals surface area (Å²) in [6.45, 7) is 1.41. The quantitative estimate of drug-likeness (QED) is 0.696. The van der Waals surface area contributed by atoms with Crippen LogP contribution in [0.5, 0.6) is 0 Å². The number of ether oxygens (including phenoxy) is 4. The Bertz CT molecular complexity index is 231. The minimum Gasteiger partial charge on any atom is -0.323 e. The van der Waals surface area contributed by atoms with Crippen molar-refractivity contribution in [3.8, 4) is 0 Å². The molecule has 2 fully saturated rings. The predicted molar refractivity (Wildman–Crippen MR) is 86.6 cm³/mol. The largest absolute Gasteiger partial charge is 0.323 e. The van der Waals surface area contributed by atoms with Gasteiger partial charge in [-0.2, -0.15) is 0 Å². The van der Waals surface area contributed by atoms with E-state index in [2.05, 4.69) is 10.6 Å². The minimum atomic E-state index is -0.380. The van der Waals surface area contributed by atoms with Crippen molar-refractivity contribution in [3.05, 3.63) is 0 Å². The molecule has 0 spiro atoms. The highest BCUT2D eigenvalue weighted by molar-refractivity contribution is 4.72. The van der Waals surface area contributed by atoms with Crippen molar-refractivity contribution in [2.75, 3.05) is 69.5 Å². The lowest BCUT2D eigenvalue weighted by atomic mass is 10.6. The lowest BCUT2D eigenvalue weighted by molar-refractivity contribution is -0.218. The second-order valence-corrected chi connectivity index (χ2v) is 5.66. The van der Waals surface area contributed by atoms with Gasteiger partial charge < -0.3 is 39.4 Å². The number of nitrogens with one attached hydrogen (secondary N) is 2. The lowest BCUT2D eigenvalue weighted by Gasteiger charge is -2.19. The number of hydrogen-bond donors (Lipinski definition) is 2. The zero-order chi connectivity index (χ0) is 17.1. The van der Waals surface area contributed by atoms with Crippen LogP contribution in [0.25, 0.3) is 0 Å². The molecule has 0 aliphatic carbocycles. The maximum atomic E-state index is 5.58. The van der Waals surface area contributed by atoms with Crippen molar-refractivity contribution in [3.63, 3.8) is 0 Å². The van der Waals surface area contributed by atoms with Crippen molar-refractivity contribution >= 4 is 0 Å². The zero-order valence-corrected chi connectivity index (χ0v) is 15.3. The molecule has 8 nitrogen and oxygen atoms in total. The summed E-state index contributed by atoms with van der Waals surface area (Å²) in [6, 6.07) is 0. The number of rotatable bonds is 4. The van der Waals surface area contributed by atoms with Gasteiger partial charge in [0, 0.05) is 13.1 Å². The van der Waals surface area contributed by atoms with Crippen LogP contribution in [-0.2, 0) is 18.9 Å². The highest BCUT2D eigenvalue weighted by atomic mass is 16.9. The van der Waals surface area contributed by atoms with E-state index in [4.69, 9.17) is 18.9 Å². The van der Waals surface area contributed by atoms with Crippen molar-refractivity contribution in [1.29, 1.82) is 0 Å². The van der Waals surface area contributed by atoms with Crippen LogP contribution in [0.3, 0.4) is 0 Å². The standard InChI is InChI=1S/C10H20N2O4.2C2H7N/c1-11(2)5-7-13-9-10(14-7)16-8(15-9)6-12(3)4;2*1-3-2/h7-10H,5-6H2,1-4H3;2*3H,1-2H3. The third-order valence-electron chi connectivity index (χ3n) is 2.39. The molecule has 0 amide bonds. The Labute approximate surface area is 135 Å². The van der Waals surface area contributed by atoms with Gasteiger partial charge in [0.15, 0.2) is 12.6 Å². The highest BCUT2D eigenvalue weighted by Gasteiger charge is 2.46. The average molecular weight is 322 g/mol. The molecule has 0 aromatic carbocycles. The van der Waals surface area contributed by atoms with Crippen molar-refractivity contribution in [2.45, 2.75) is 25.2 Å². The van der Waals surface area contributed by atoms with Gasteiger partial charge in [-0.3, -0.25) is 0 Å². The van der Waals surface area contributed by atoms with Gasteiger partial charge in [-0.25, -0.2) is 0 Å². The molecular formula is C14H34N4O4. The van der Waals surface area contributed by atoms with Gasteiger partial charge in [-0.1, -0.05) is 0 Å². The van der Waals surface area contributed by atoms with E-state index in [9.17, 15) is 0 Å². The van der Waals surface area contributed by atoms with Crippen LogP contribution >= 0.6 is 0 Å². The summed E-state index contributed by atoms with van der Waals surface area (Å²) in [5.74, 6) is 0. The Kier molecular flexibility index (Phi) is 12.0. The summed E-state index contributed by atoms with van der Waals surface area (Å²) in [4.78, 5) is 4.01. The van der Waals surface area contributed by atoms with E-state index in [0.717, 1.165) is 0 Å². The Morgan fingerprint density at radius 2 is 0.864 bits per heavy atom. The fraction of sp³-hybridized carbons (Fsp3) is 1.00. The summed E-state index contributed by atoms with van der Waals surface area (Å²) in [5, 5.41) is 5.50. The van der Waals surface area contributed by atoms with Crippen LogP contribution in [0.1, 0.15) is 0 Å². The van der Waals surface area contributed by atoms with E-state index < -0.39 is 0 Å². The van der Waals surface area contributed by atoms with E-state index in [0.29, 0.717) is 13.1 Å². The van der Waals surface area contributed by atoms with Gasteiger partial charge >= 0.3 is 0 Å². The van der Waals surface area contributed by atoms with Crippen molar-refractivity contribution in [2.24, 2.45) is 0 Å². The summed E-state index contributed by atoms with van der Waals surface area (Å²) >= 11 is 0. The lowest BCUT2D eigenvalue weighted by Crippen LogP contribution is -2.31. The van der Waals surface area contributed by atoms with Crippen LogP contribution in [0.2, 0.25) is 0 Å². The SMILES string of the molecule is CN(C)CC1OC2OC(CN(C)C)OC2O1.CNC.CNC. The normalized spacial score (nSPS) is 29.7. The molecule has 0 radical (unpaired) electrons. The molecule has 2 aliphatic rings. The predicted octanol–water partition coefficient (Wildman–Crippen LogP) is -0.821. The van der Waals surface area contributed by atoms with E-state index in [1.54, 1.807) is 0 Å². The van der Waals surface area contributed by atoms with Gasteiger partial charge in [-0.15, -0.1) is 0 Å². The Balaban J connectivity index is 0.000000639. The molecule has 0 aromatic heterocycles. The molecule has 0 unspecified atom stereocenters. The zero-order valence-electron chi connectivity index (χ0n) is 15.3. The first-order valence-electron chi connectivity index (χ1n) is 7.46. The van der Waals surface area contributed by atoms with Crippen LogP contribution in [-0.4, -0.2) is 104 Å². The average Bonchev–Trinajstić information content (AvgIpc) is 2.86. The third-order valence-corrected chi connectivity index (χ3v) is 2.39. The van der Waals surface area contributed by atoms with Gasteiger partial charge in [0.1, 0.15) is 0 Å². The molecule has 0 atom stereocenters. The van der Waals surface area contributed by atoms with Gasteiger partial charge in [-0.05, 0) is 56.4 Å². The molecule has 2 rings (SSSR count). The first kappa shape index (κ1) is 21.7. The Morgan fingerprint density at radius 1 is 0.636 bits per heavy atom.